The van der Waals surface area contributed by atoms with Crippen LogP contribution in [0.2, 0.25) is 0 Å². The van der Waals surface area contributed by atoms with Crippen molar-refractivity contribution in [2.45, 2.75) is 59.3 Å². The summed E-state index contributed by atoms with van der Waals surface area (Å²) in [4.78, 5) is 21.0. The molecule has 0 aliphatic carbocycles. The standard InChI is InChI=1S/C10H20O2.C5H8O2/c1-3-5-6-7-8-9-10(11)12-4-2;1-4(2)5(6)7-3/h3-9H2,1-2H3;1H2,2-3H3. The second-order valence-corrected chi connectivity index (χ2v) is 4.24. The summed E-state index contributed by atoms with van der Waals surface area (Å²) in [6, 6.07) is 0. The van der Waals surface area contributed by atoms with E-state index in [0.717, 1.165) is 12.8 Å². The zero-order chi connectivity index (χ0) is 15.1. The molecule has 4 nitrogen and oxygen atoms in total. The molecule has 0 rings (SSSR count). The predicted octanol–water partition coefficient (Wildman–Crippen LogP) is 3.65. The normalized spacial score (nSPS) is 9.05. The quantitative estimate of drug-likeness (QED) is 0.384. The topological polar surface area (TPSA) is 52.6 Å². The van der Waals surface area contributed by atoms with Crippen molar-refractivity contribution in [3.63, 3.8) is 0 Å². The van der Waals surface area contributed by atoms with Gasteiger partial charge in [0.05, 0.1) is 13.7 Å². The lowest BCUT2D eigenvalue weighted by molar-refractivity contribution is -0.143. The summed E-state index contributed by atoms with van der Waals surface area (Å²) in [5.41, 5.74) is 0.433. The minimum absolute atomic E-state index is 0.0472. The molecule has 0 radical (unpaired) electrons. The second kappa shape index (κ2) is 14.7. The van der Waals surface area contributed by atoms with Crippen LogP contribution in [-0.4, -0.2) is 25.7 Å². The Balaban J connectivity index is 0. The van der Waals surface area contributed by atoms with E-state index in [9.17, 15) is 9.59 Å². The monoisotopic (exact) mass is 272 g/mol. The van der Waals surface area contributed by atoms with E-state index in [1.54, 1.807) is 6.92 Å². The number of rotatable bonds is 8. The molecular weight excluding hydrogens is 244 g/mol. The van der Waals surface area contributed by atoms with Gasteiger partial charge in [0.1, 0.15) is 0 Å². The van der Waals surface area contributed by atoms with Crippen LogP contribution in [0.5, 0.6) is 0 Å². The number of hydrogen-bond donors (Lipinski definition) is 0. The van der Waals surface area contributed by atoms with Crippen molar-refractivity contribution in [2.24, 2.45) is 0 Å². The van der Waals surface area contributed by atoms with Crippen molar-refractivity contribution in [2.75, 3.05) is 13.7 Å². The zero-order valence-corrected chi connectivity index (χ0v) is 12.8. The Morgan fingerprint density at radius 3 is 2.00 bits per heavy atom. The van der Waals surface area contributed by atoms with Gasteiger partial charge in [0, 0.05) is 12.0 Å². The SMILES string of the molecule is C=C(C)C(=O)OC.CCCCCCCC(=O)OCC. The average molecular weight is 272 g/mol. The molecule has 0 aromatic rings. The Morgan fingerprint density at radius 1 is 1.05 bits per heavy atom. The zero-order valence-electron chi connectivity index (χ0n) is 12.8. The van der Waals surface area contributed by atoms with Gasteiger partial charge < -0.3 is 9.47 Å². The number of esters is 2. The maximum absolute atomic E-state index is 10.9. The van der Waals surface area contributed by atoms with Crippen LogP contribution >= 0.6 is 0 Å². The summed E-state index contributed by atoms with van der Waals surface area (Å²) >= 11 is 0. The van der Waals surface area contributed by atoms with Crippen molar-refractivity contribution in [3.8, 4) is 0 Å². The van der Waals surface area contributed by atoms with Crippen LogP contribution in [0.1, 0.15) is 59.3 Å². The highest BCUT2D eigenvalue weighted by Gasteiger charge is 1.99. The highest BCUT2D eigenvalue weighted by atomic mass is 16.5. The van der Waals surface area contributed by atoms with E-state index in [4.69, 9.17) is 4.74 Å². The lowest BCUT2D eigenvalue weighted by atomic mass is 10.1. The van der Waals surface area contributed by atoms with Gasteiger partial charge in [0.2, 0.25) is 0 Å². The van der Waals surface area contributed by atoms with Crippen LogP contribution < -0.4 is 0 Å². The summed E-state index contributed by atoms with van der Waals surface area (Å²) in [5, 5.41) is 0. The summed E-state index contributed by atoms with van der Waals surface area (Å²) in [5.74, 6) is -0.394. The molecule has 0 unspecified atom stereocenters. The van der Waals surface area contributed by atoms with Crippen LogP contribution in [0.15, 0.2) is 12.2 Å². The van der Waals surface area contributed by atoms with Gasteiger partial charge in [-0.25, -0.2) is 4.79 Å². The van der Waals surface area contributed by atoms with Crippen molar-refractivity contribution in [1.82, 2.24) is 0 Å². The van der Waals surface area contributed by atoms with Crippen LogP contribution in [0.3, 0.4) is 0 Å². The van der Waals surface area contributed by atoms with Gasteiger partial charge in [-0.3, -0.25) is 4.79 Å². The Labute approximate surface area is 117 Å². The van der Waals surface area contributed by atoms with Crippen molar-refractivity contribution < 1.29 is 19.1 Å². The van der Waals surface area contributed by atoms with Gasteiger partial charge in [-0.2, -0.15) is 0 Å². The number of carbonyl (C=O) groups excluding carboxylic acids is 2. The van der Waals surface area contributed by atoms with Crippen molar-refractivity contribution in [3.05, 3.63) is 12.2 Å². The van der Waals surface area contributed by atoms with E-state index in [2.05, 4.69) is 18.2 Å². The van der Waals surface area contributed by atoms with Crippen LogP contribution in [0.4, 0.5) is 0 Å². The number of methoxy groups -OCH3 is 1. The smallest absolute Gasteiger partial charge is 0.332 e. The highest BCUT2D eigenvalue weighted by molar-refractivity contribution is 5.86. The van der Waals surface area contributed by atoms with Crippen LogP contribution in [0, 0.1) is 0 Å². The van der Waals surface area contributed by atoms with Crippen LogP contribution in [-0.2, 0) is 19.1 Å². The fourth-order valence-corrected chi connectivity index (χ4v) is 1.28. The average Bonchev–Trinajstić information content (AvgIpc) is 2.38. The molecule has 0 aromatic heterocycles. The van der Waals surface area contributed by atoms with E-state index in [0.29, 0.717) is 18.6 Å². The molecular formula is C15H28O4. The minimum atomic E-state index is -0.347. The van der Waals surface area contributed by atoms with Gasteiger partial charge in [-0.15, -0.1) is 0 Å². The summed E-state index contributed by atoms with van der Waals surface area (Å²) in [6.45, 7) is 9.49. The van der Waals surface area contributed by atoms with Gasteiger partial charge in [0.25, 0.3) is 0 Å². The van der Waals surface area contributed by atoms with E-state index in [1.165, 1.54) is 26.4 Å². The molecule has 0 atom stereocenters. The molecule has 0 amide bonds. The number of hydrogen-bond acceptors (Lipinski definition) is 4. The minimum Gasteiger partial charge on any atom is -0.466 e. The Bertz CT molecular complexity index is 259. The molecule has 0 aromatic carbocycles. The maximum Gasteiger partial charge on any atom is 0.332 e. The first-order valence-corrected chi connectivity index (χ1v) is 6.88. The molecule has 0 saturated carbocycles. The maximum atomic E-state index is 10.9. The molecule has 0 bridgehead atoms. The Morgan fingerprint density at radius 2 is 1.63 bits per heavy atom. The number of ether oxygens (including phenoxy) is 2. The molecule has 19 heavy (non-hydrogen) atoms. The molecule has 0 aliphatic rings. The largest absolute Gasteiger partial charge is 0.466 e. The first kappa shape index (κ1) is 20.0. The first-order valence-electron chi connectivity index (χ1n) is 6.88. The number of carbonyl (C=O) groups is 2. The van der Waals surface area contributed by atoms with Crippen molar-refractivity contribution >= 4 is 11.9 Å². The third kappa shape index (κ3) is 16.7. The summed E-state index contributed by atoms with van der Waals surface area (Å²) in [7, 11) is 1.33. The lowest BCUT2D eigenvalue weighted by Gasteiger charge is -2.00. The fraction of sp³-hybridized carbons (Fsp3) is 0.733. The predicted molar refractivity (Wildman–Crippen MR) is 76.8 cm³/mol. The molecule has 4 heteroatoms. The van der Waals surface area contributed by atoms with Gasteiger partial charge in [0.15, 0.2) is 0 Å². The van der Waals surface area contributed by atoms with Gasteiger partial charge in [-0.05, 0) is 20.3 Å². The molecule has 0 fully saturated rings. The highest BCUT2D eigenvalue weighted by Crippen LogP contribution is 2.05. The van der Waals surface area contributed by atoms with Crippen molar-refractivity contribution in [1.29, 1.82) is 0 Å². The Kier molecular flexibility index (Phi) is 15.5. The molecule has 112 valence electrons. The van der Waals surface area contributed by atoms with Crippen LogP contribution in [0.25, 0.3) is 0 Å². The number of unbranched alkanes of at least 4 members (excludes halogenated alkanes) is 4. The third-order valence-corrected chi connectivity index (χ3v) is 2.32. The first-order chi connectivity index (χ1) is 8.99. The van der Waals surface area contributed by atoms with E-state index < -0.39 is 0 Å². The summed E-state index contributed by atoms with van der Waals surface area (Å²) < 4.78 is 9.08. The van der Waals surface area contributed by atoms with E-state index >= 15 is 0 Å². The third-order valence-electron chi connectivity index (χ3n) is 2.32. The van der Waals surface area contributed by atoms with Gasteiger partial charge >= 0.3 is 11.9 Å². The molecule has 0 N–H and O–H groups in total. The van der Waals surface area contributed by atoms with E-state index in [1.807, 2.05) is 6.92 Å². The summed E-state index contributed by atoms with van der Waals surface area (Å²) in [6.07, 6.45) is 6.52. The molecule has 0 spiro atoms. The van der Waals surface area contributed by atoms with Gasteiger partial charge in [-0.1, -0.05) is 39.2 Å². The lowest BCUT2D eigenvalue weighted by Crippen LogP contribution is -2.02. The molecule has 0 aliphatic heterocycles. The second-order valence-electron chi connectivity index (χ2n) is 4.24. The van der Waals surface area contributed by atoms with E-state index in [-0.39, 0.29) is 11.9 Å². The molecule has 0 heterocycles. The fourth-order valence-electron chi connectivity index (χ4n) is 1.28. The Hall–Kier alpha value is -1.32. The molecule has 0 saturated heterocycles.